The van der Waals surface area contributed by atoms with Crippen molar-refractivity contribution in [1.29, 1.82) is 0 Å². The van der Waals surface area contributed by atoms with Gasteiger partial charge in [0.05, 0.1) is 14.2 Å². The highest BCUT2D eigenvalue weighted by atomic mass is 16.5. The van der Waals surface area contributed by atoms with Crippen molar-refractivity contribution < 1.29 is 23.9 Å². The first kappa shape index (κ1) is 13.6. The summed E-state index contributed by atoms with van der Waals surface area (Å²) in [5.41, 5.74) is -1.22. The Morgan fingerprint density at radius 1 is 1.27 bits per heavy atom. The number of rotatable bonds is 6. The molecule has 0 bridgehead atoms. The first-order valence-corrected chi connectivity index (χ1v) is 4.68. The Morgan fingerprint density at radius 2 is 1.87 bits per heavy atom. The van der Waals surface area contributed by atoms with Crippen LogP contribution in [0.5, 0.6) is 0 Å². The summed E-state index contributed by atoms with van der Waals surface area (Å²) in [7, 11) is 2.48. The van der Waals surface area contributed by atoms with Gasteiger partial charge in [0, 0.05) is 6.42 Å². The molecule has 0 amide bonds. The van der Waals surface area contributed by atoms with Gasteiger partial charge in [-0.2, -0.15) is 0 Å². The van der Waals surface area contributed by atoms with E-state index in [1.165, 1.54) is 14.2 Å². The maximum atomic E-state index is 11.4. The molecule has 0 aromatic rings. The largest absolute Gasteiger partial charge is 0.469 e. The molecule has 0 saturated carbocycles. The van der Waals surface area contributed by atoms with Gasteiger partial charge in [-0.25, -0.2) is 0 Å². The molecule has 1 atom stereocenters. The average Bonchev–Trinajstić information content (AvgIpc) is 2.29. The van der Waals surface area contributed by atoms with Crippen molar-refractivity contribution in [3.8, 4) is 0 Å². The lowest BCUT2D eigenvalue weighted by Gasteiger charge is -2.22. The molecule has 0 aliphatic rings. The van der Waals surface area contributed by atoms with Crippen LogP contribution in [0.1, 0.15) is 26.2 Å². The molecule has 0 aromatic carbocycles. The summed E-state index contributed by atoms with van der Waals surface area (Å²) in [5, 5.41) is 0. The van der Waals surface area contributed by atoms with E-state index in [0.29, 0.717) is 12.7 Å². The second kappa shape index (κ2) is 6.16. The van der Waals surface area contributed by atoms with Crippen molar-refractivity contribution in [3.05, 3.63) is 0 Å². The molecule has 1 unspecified atom stereocenters. The summed E-state index contributed by atoms with van der Waals surface area (Å²) in [5.74, 6) is -1.05. The highest BCUT2D eigenvalue weighted by Gasteiger charge is 2.38. The van der Waals surface area contributed by atoms with Crippen LogP contribution in [0.4, 0.5) is 0 Å². The third-order valence-corrected chi connectivity index (χ3v) is 2.45. The summed E-state index contributed by atoms with van der Waals surface area (Å²) < 4.78 is 8.98. The van der Waals surface area contributed by atoms with E-state index >= 15 is 0 Å². The van der Waals surface area contributed by atoms with Gasteiger partial charge < -0.3 is 14.3 Å². The highest BCUT2D eigenvalue weighted by Crippen LogP contribution is 2.27. The molecule has 0 aliphatic heterocycles. The number of hydrogen-bond acceptors (Lipinski definition) is 5. The summed E-state index contributed by atoms with van der Waals surface area (Å²) in [6, 6.07) is 0. The zero-order chi connectivity index (χ0) is 11.9. The lowest BCUT2D eigenvalue weighted by molar-refractivity contribution is -0.156. The molecule has 0 rings (SSSR count). The Kier molecular flexibility index (Phi) is 5.59. The van der Waals surface area contributed by atoms with Crippen molar-refractivity contribution in [2.24, 2.45) is 5.41 Å². The third kappa shape index (κ3) is 3.34. The van der Waals surface area contributed by atoms with E-state index < -0.39 is 17.4 Å². The van der Waals surface area contributed by atoms with Crippen LogP contribution in [0.15, 0.2) is 0 Å². The minimum atomic E-state index is -1.22. The van der Waals surface area contributed by atoms with Gasteiger partial charge in [0.2, 0.25) is 0 Å². The topological polar surface area (TPSA) is 69.7 Å². The molecule has 0 aliphatic carbocycles. The zero-order valence-corrected chi connectivity index (χ0v) is 9.24. The number of ether oxygens (including phenoxy) is 2. The maximum absolute atomic E-state index is 11.4. The van der Waals surface area contributed by atoms with Gasteiger partial charge in [0.1, 0.15) is 11.7 Å². The maximum Gasteiger partial charge on any atom is 0.319 e. The monoisotopic (exact) mass is 216 g/mol. The SMILES string of the molecule is CCC(C=O)(CCC(=O)OC)C(=O)OC. The van der Waals surface area contributed by atoms with E-state index in [-0.39, 0.29) is 12.8 Å². The Morgan fingerprint density at radius 3 is 2.20 bits per heavy atom. The normalized spacial score (nSPS) is 13.8. The van der Waals surface area contributed by atoms with Crippen molar-refractivity contribution in [1.82, 2.24) is 0 Å². The van der Waals surface area contributed by atoms with Crippen LogP contribution in [-0.4, -0.2) is 32.4 Å². The second-order valence-electron chi connectivity index (χ2n) is 3.20. The van der Waals surface area contributed by atoms with Gasteiger partial charge in [0.25, 0.3) is 0 Å². The Labute approximate surface area is 88.7 Å². The number of esters is 2. The van der Waals surface area contributed by atoms with Gasteiger partial charge >= 0.3 is 11.9 Å². The average molecular weight is 216 g/mol. The fourth-order valence-corrected chi connectivity index (χ4v) is 1.24. The van der Waals surface area contributed by atoms with E-state index in [0.717, 1.165) is 0 Å². The van der Waals surface area contributed by atoms with E-state index in [1.54, 1.807) is 6.92 Å². The van der Waals surface area contributed by atoms with Crippen LogP contribution in [-0.2, 0) is 23.9 Å². The van der Waals surface area contributed by atoms with E-state index in [4.69, 9.17) is 0 Å². The predicted molar refractivity (Wildman–Crippen MR) is 52.1 cm³/mol. The molecule has 5 nitrogen and oxygen atoms in total. The molecular weight excluding hydrogens is 200 g/mol. The summed E-state index contributed by atoms with van der Waals surface area (Å²) in [4.78, 5) is 33.2. The fraction of sp³-hybridized carbons (Fsp3) is 0.700. The highest BCUT2D eigenvalue weighted by molar-refractivity contribution is 5.93. The molecule has 0 spiro atoms. The van der Waals surface area contributed by atoms with Crippen molar-refractivity contribution >= 4 is 18.2 Å². The minimum absolute atomic E-state index is 0.0260. The number of carbonyl (C=O) groups excluding carboxylic acids is 3. The summed E-state index contributed by atoms with van der Waals surface area (Å²) in [6.45, 7) is 1.70. The van der Waals surface area contributed by atoms with Gasteiger partial charge in [-0.3, -0.25) is 9.59 Å². The molecule has 0 radical (unpaired) electrons. The van der Waals surface area contributed by atoms with Crippen LogP contribution in [0.2, 0.25) is 0 Å². The number of carbonyl (C=O) groups is 3. The van der Waals surface area contributed by atoms with Crippen molar-refractivity contribution in [2.75, 3.05) is 14.2 Å². The van der Waals surface area contributed by atoms with Gasteiger partial charge in [-0.15, -0.1) is 0 Å². The van der Waals surface area contributed by atoms with Gasteiger partial charge in [-0.1, -0.05) is 6.92 Å². The van der Waals surface area contributed by atoms with E-state index in [2.05, 4.69) is 9.47 Å². The fourth-order valence-electron chi connectivity index (χ4n) is 1.24. The van der Waals surface area contributed by atoms with Gasteiger partial charge in [0.15, 0.2) is 0 Å². The lowest BCUT2D eigenvalue weighted by atomic mass is 9.82. The molecule has 15 heavy (non-hydrogen) atoms. The first-order chi connectivity index (χ1) is 7.06. The molecule has 0 saturated heterocycles. The van der Waals surface area contributed by atoms with Crippen LogP contribution in [0, 0.1) is 5.41 Å². The number of aldehydes is 1. The molecule has 86 valence electrons. The van der Waals surface area contributed by atoms with Crippen LogP contribution in [0.25, 0.3) is 0 Å². The van der Waals surface area contributed by atoms with Gasteiger partial charge in [-0.05, 0) is 12.8 Å². The minimum Gasteiger partial charge on any atom is -0.469 e. The van der Waals surface area contributed by atoms with Crippen LogP contribution in [0.3, 0.4) is 0 Å². The Bertz CT molecular complexity index is 248. The van der Waals surface area contributed by atoms with Crippen LogP contribution < -0.4 is 0 Å². The molecule has 0 heterocycles. The summed E-state index contributed by atoms with van der Waals surface area (Å²) in [6.07, 6.45) is 0.993. The Balaban J connectivity index is 4.57. The smallest absolute Gasteiger partial charge is 0.319 e. The lowest BCUT2D eigenvalue weighted by Crippen LogP contribution is -2.34. The summed E-state index contributed by atoms with van der Waals surface area (Å²) >= 11 is 0. The van der Waals surface area contributed by atoms with Crippen molar-refractivity contribution in [2.45, 2.75) is 26.2 Å². The Hall–Kier alpha value is -1.39. The first-order valence-electron chi connectivity index (χ1n) is 4.68. The van der Waals surface area contributed by atoms with E-state index in [1.807, 2.05) is 0 Å². The van der Waals surface area contributed by atoms with E-state index in [9.17, 15) is 14.4 Å². The van der Waals surface area contributed by atoms with Crippen LogP contribution >= 0.6 is 0 Å². The molecular formula is C10H16O5. The second-order valence-corrected chi connectivity index (χ2v) is 3.20. The quantitative estimate of drug-likeness (QED) is 0.371. The molecule has 0 fully saturated rings. The predicted octanol–water partition coefficient (Wildman–Crippen LogP) is 0.708. The zero-order valence-electron chi connectivity index (χ0n) is 9.24. The molecule has 5 heteroatoms. The molecule has 0 aromatic heterocycles. The standard InChI is InChI=1S/C10H16O5/c1-4-10(7-11,9(13)15-3)6-5-8(12)14-2/h7H,4-6H2,1-3H3. The number of hydrogen-bond donors (Lipinski definition) is 0. The number of methoxy groups -OCH3 is 2. The molecule has 0 N–H and O–H groups in total. The van der Waals surface area contributed by atoms with Crippen molar-refractivity contribution in [3.63, 3.8) is 0 Å². The third-order valence-electron chi connectivity index (χ3n) is 2.45.